The molecule has 0 fully saturated rings. The Kier molecular flexibility index (Phi) is 2.20. The first kappa shape index (κ1) is 8.82. The van der Waals surface area contributed by atoms with Crippen molar-refractivity contribution >= 4 is 0 Å². The van der Waals surface area contributed by atoms with Crippen molar-refractivity contribution < 1.29 is 0 Å². The van der Waals surface area contributed by atoms with Gasteiger partial charge in [-0.25, -0.2) is 4.98 Å². The molecule has 12 heavy (non-hydrogen) atoms. The number of terminal acetylenes is 1. The molecule has 3 heteroatoms. The minimum Gasteiger partial charge on any atom is -0.321 e. The van der Waals surface area contributed by atoms with E-state index in [1.54, 1.807) is 12.5 Å². The molecule has 0 aromatic carbocycles. The van der Waals surface area contributed by atoms with Crippen LogP contribution in [-0.4, -0.2) is 9.55 Å². The zero-order valence-electron chi connectivity index (χ0n) is 7.41. The second kappa shape index (κ2) is 3.00. The van der Waals surface area contributed by atoms with Gasteiger partial charge in [0.1, 0.15) is 0 Å². The molecule has 2 N–H and O–H groups in total. The Hall–Kier alpha value is -1.27. The summed E-state index contributed by atoms with van der Waals surface area (Å²) in [6.07, 6.45) is 8.64. The van der Waals surface area contributed by atoms with E-state index in [0.717, 1.165) is 5.69 Å². The summed E-state index contributed by atoms with van der Waals surface area (Å²) in [5.74, 6) is 2.55. The molecule has 0 unspecified atom stereocenters. The van der Waals surface area contributed by atoms with E-state index >= 15 is 0 Å². The van der Waals surface area contributed by atoms with Crippen molar-refractivity contribution in [1.82, 2.24) is 9.55 Å². The van der Waals surface area contributed by atoms with Crippen molar-refractivity contribution in [3.8, 4) is 12.3 Å². The SMILES string of the molecule is C#CCn1cncc1C(C)(C)N. The first-order valence-electron chi connectivity index (χ1n) is 3.78. The maximum atomic E-state index is 5.90. The van der Waals surface area contributed by atoms with Crippen LogP contribution in [0.15, 0.2) is 12.5 Å². The highest BCUT2D eigenvalue weighted by atomic mass is 15.1. The maximum absolute atomic E-state index is 5.90. The van der Waals surface area contributed by atoms with Gasteiger partial charge in [-0.2, -0.15) is 0 Å². The number of nitrogens with two attached hydrogens (primary N) is 1. The van der Waals surface area contributed by atoms with Crippen molar-refractivity contribution in [1.29, 1.82) is 0 Å². The van der Waals surface area contributed by atoms with Crippen LogP contribution in [0, 0.1) is 12.3 Å². The molecule has 1 heterocycles. The van der Waals surface area contributed by atoms with Gasteiger partial charge >= 0.3 is 0 Å². The highest BCUT2D eigenvalue weighted by molar-refractivity contribution is 5.11. The molecule has 0 aliphatic carbocycles. The minimum atomic E-state index is -0.382. The van der Waals surface area contributed by atoms with Crippen LogP contribution in [0.1, 0.15) is 19.5 Å². The molecule has 64 valence electrons. The van der Waals surface area contributed by atoms with E-state index in [1.807, 2.05) is 18.4 Å². The lowest BCUT2D eigenvalue weighted by Crippen LogP contribution is -2.31. The summed E-state index contributed by atoms with van der Waals surface area (Å²) < 4.78 is 1.88. The summed E-state index contributed by atoms with van der Waals surface area (Å²) in [7, 11) is 0. The number of hydrogen-bond donors (Lipinski definition) is 1. The monoisotopic (exact) mass is 163 g/mol. The van der Waals surface area contributed by atoms with Crippen molar-refractivity contribution in [2.45, 2.75) is 25.9 Å². The molecule has 0 bridgehead atoms. The largest absolute Gasteiger partial charge is 0.321 e. The number of imidazole rings is 1. The van der Waals surface area contributed by atoms with Gasteiger partial charge in [-0.05, 0) is 13.8 Å². The molecule has 0 aliphatic rings. The third-order valence-electron chi connectivity index (χ3n) is 1.63. The molecule has 1 aromatic rings. The van der Waals surface area contributed by atoms with Crippen LogP contribution in [-0.2, 0) is 12.1 Å². The highest BCUT2D eigenvalue weighted by Gasteiger charge is 2.18. The maximum Gasteiger partial charge on any atom is 0.0957 e. The summed E-state index contributed by atoms with van der Waals surface area (Å²) in [6, 6.07) is 0. The van der Waals surface area contributed by atoms with E-state index in [1.165, 1.54) is 0 Å². The van der Waals surface area contributed by atoms with Crippen LogP contribution < -0.4 is 5.73 Å². The molecule has 0 saturated heterocycles. The van der Waals surface area contributed by atoms with Crippen LogP contribution in [0.25, 0.3) is 0 Å². The first-order valence-corrected chi connectivity index (χ1v) is 3.78. The second-order valence-corrected chi connectivity index (χ2v) is 3.33. The van der Waals surface area contributed by atoms with Crippen LogP contribution in [0.5, 0.6) is 0 Å². The van der Waals surface area contributed by atoms with Gasteiger partial charge in [0.25, 0.3) is 0 Å². The highest BCUT2D eigenvalue weighted by Crippen LogP contribution is 2.15. The molecule has 0 amide bonds. The Balaban J connectivity index is 3.01. The Morgan fingerprint density at radius 3 is 2.92 bits per heavy atom. The average molecular weight is 163 g/mol. The third kappa shape index (κ3) is 1.66. The van der Waals surface area contributed by atoms with E-state index in [-0.39, 0.29) is 5.54 Å². The van der Waals surface area contributed by atoms with Gasteiger partial charge in [0, 0.05) is 0 Å². The van der Waals surface area contributed by atoms with Crippen LogP contribution in [0.3, 0.4) is 0 Å². The van der Waals surface area contributed by atoms with Gasteiger partial charge in [-0.15, -0.1) is 6.42 Å². The zero-order chi connectivity index (χ0) is 9.19. The zero-order valence-corrected chi connectivity index (χ0v) is 7.41. The average Bonchev–Trinajstić information content (AvgIpc) is 2.34. The molecule has 1 rings (SSSR count). The number of nitrogens with zero attached hydrogens (tertiary/aromatic N) is 2. The summed E-state index contributed by atoms with van der Waals surface area (Å²) in [6.45, 7) is 4.38. The molecule has 0 spiro atoms. The lowest BCUT2D eigenvalue weighted by atomic mass is 10.0. The van der Waals surface area contributed by atoms with Gasteiger partial charge in [0.05, 0.1) is 30.3 Å². The van der Waals surface area contributed by atoms with Crippen molar-refractivity contribution in [3.63, 3.8) is 0 Å². The van der Waals surface area contributed by atoms with Crippen LogP contribution in [0.2, 0.25) is 0 Å². The van der Waals surface area contributed by atoms with E-state index < -0.39 is 0 Å². The van der Waals surface area contributed by atoms with Crippen molar-refractivity contribution in [3.05, 3.63) is 18.2 Å². The first-order chi connectivity index (χ1) is 5.55. The van der Waals surface area contributed by atoms with Gasteiger partial charge < -0.3 is 10.3 Å². The fourth-order valence-corrected chi connectivity index (χ4v) is 1.08. The lowest BCUT2D eigenvalue weighted by Gasteiger charge is -2.19. The van der Waals surface area contributed by atoms with Crippen molar-refractivity contribution in [2.24, 2.45) is 5.73 Å². The Morgan fingerprint density at radius 2 is 2.42 bits per heavy atom. The third-order valence-corrected chi connectivity index (χ3v) is 1.63. The summed E-state index contributed by atoms with van der Waals surface area (Å²) in [5, 5.41) is 0. The van der Waals surface area contributed by atoms with Gasteiger partial charge in [0.2, 0.25) is 0 Å². The fourth-order valence-electron chi connectivity index (χ4n) is 1.08. The van der Waals surface area contributed by atoms with Crippen LogP contribution in [0.4, 0.5) is 0 Å². The van der Waals surface area contributed by atoms with Crippen LogP contribution >= 0.6 is 0 Å². The van der Waals surface area contributed by atoms with E-state index in [4.69, 9.17) is 12.2 Å². The number of hydrogen-bond acceptors (Lipinski definition) is 2. The predicted molar refractivity (Wildman–Crippen MR) is 48.3 cm³/mol. The van der Waals surface area contributed by atoms with Gasteiger partial charge in [-0.3, -0.25) is 0 Å². The molecular formula is C9H13N3. The smallest absolute Gasteiger partial charge is 0.0957 e. The van der Waals surface area contributed by atoms with Gasteiger partial charge in [0.15, 0.2) is 0 Å². The number of aromatic nitrogens is 2. The molecule has 3 nitrogen and oxygen atoms in total. The standard InChI is InChI=1S/C9H13N3/c1-4-5-12-7-11-6-8(12)9(2,3)10/h1,6-7H,5,10H2,2-3H3. The summed E-state index contributed by atoms with van der Waals surface area (Å²) in [4.78, 5) is 3.99. The second-order valence-electron chi connectivity index (χ2n) is 3.33. The predicted octanol–water partition coefficient (Wildman–Crippen LogP) is 0.710. The van der Waals surface area contributed by atoms with Gasteiger partial charge in [-0.1, -0.05) is 5.92 Å². The van der Waals surface area contributed by atoms with E-state index in [2.05, 4.69) is 10.9 Å². The summed E-state index contributed by atoms with van der Waals surface area (Å²) >= 11 is 0. The normalized spacial score (nSPS) is 11.2. The molecule has 0 saturated carbocycles. The quantitative estimate of drug-likeness (QED) is 0.652. The van der Waals surface area contributed by atoms with E-state index in [9.17, 15) is 0 Å². The molecule has 0 radical (unpaired) electrons. The minimum absolute atomic E-state index is 0.382. The van der Waals surface area contributed by atoms with E-state index in [0.29, 0.717) is 6.54 Å². The topological polar surface area (TPSA) is 43.8 Å². The molecule has 0 atom stereocenters. The lowest BCUT2D eigenvalue weighted by molar-refractivity contribution is 0.507. The number of rotatable bonds is 2. The molecular weight excluding hydrogens is 150 g/mol. The Bertz CT molecular complexity index is 298. The molecule has 0 aliphatic heterocycles. The summed E-state index contributed by atoms with van der Waals surface area (Å²) in [5.41, 5.74) is 6.48. The Morgan fingerprint density at radius 1 is 1.75 bits per heavy atom. The fraction of sp³-hybridized carbons (Fsp3) is 0.444. The Labute approximate surface area is 72.6 Å². The van der Waals surface area contributed by atoms with Crippen molar-refractivity contribution in [2.75, 3.05) is 0 Å². The molecule has 1 aromatic heterocycles.